The minimum atomic E-state index is -4.97. The van der Waals surface area contributed by atoms with Gasteiger partial charge >= 0.3 is 11.9 Å². The van der Waals surface area contributed by atoms with Crippen LogP contribution in [0.15, 0.2) is 67.8 Å². The number of alkyl halides is 3. The summed E-state index contributed by atoms with van der Waals surface area (Å²) in [6.07, 6.45) is 0.966. The second-order valence-electron chi connectivity index (χ2n) is 11.3. The number of rotatable bonds is 4. The van der Waals surface area contributed by atoms with E-state index in [2.05, 4.69) is 37.8 Å². The maximum absolute atomic E-state index is 15.4. The molecule has 3 atom stereocenters. The predicted octanol–water partition coefficient (Wildman–Crippen LogP) is 6.39. The molecule has 3 aliphatic heterocycles. The van der Waals surface area contributed by atoms with E-state index in [1.54, 1.807) is 36.1 Å². The van der Waals surface area contributed by atoms with Crippen molar-refractivity contribution >= 4 is 56.5 Å². The monoisotopic (exact) mass is 722 g/mol. The molecule has 4 heterocycles. The third-order valence-corrected chi connectivity index (χ3v) is 9.98. The van der Waals surface area contributed by atoms with Crippen LogP contribution in [0.5, 0.6) is 0 Å². The standard InChI is InChI=1S/C30H26BrF5N7O2S/c1-4-24(44)43-15(2)10-40(11-16(43)3)28-19-7-20(30(34,35)36)25(18-8-21(31)23(33)9-22(18)32)27-26(19)42(29(45)38-28)13-17(14-46-27)12-41-6-5-37-39-41/h4-9,12,15-17H,1,10-11,13-14H2,2-3H3/q+1/b41-12+/t15-,16+,17?. The Labute approximate surface area is 271 Å². The largest absolute Gasteiger partial charge is 0.417 e. The number of amides is 1. The lowest BCUT2D eigenvalue weighted by Crippen LogP contribution is -2.58. The predicted molar refractivity (Wildman–Crippen MR) is 167 cm³/mol. The van der Waals surface area contributed by atoms with Gasteiger partial charge in [0, 0.05) is 70.9 Å². The summed E-state index contributed by atoms with van der Waals surface area (Å²) >= 11 is 4.02. The molecule has 16 heteroatoms. The maximum atomic E-state index is 15.4. The topological polar surface area (TPSA) is 86.2 Å². The van der Waals surface area contributed by atoms with Gasteiger partial charge in [-0.2, -0.15) is 18.2 Å². The number of aromatic nitrogens is 2. The van der Waals surface area contributed by atoms with Crippen LogP contribution in [0.3, 0.4) is 0 Å². The highest BCUT2D eigenvalue weighted by Crippen LogP contribution is 2.49. The minimum absolute atomic E-state index is 0.0130. The summed E-state index contributed by atoms with van der Waals surface area (Å²) in [7, 11) is 0. The van der Waals surface area contributed by atoms with Crippen LogP contribution in [0.1, 0.15) is 19.4 Å². The van der Waals surface area contributed by atoms with Crippen molar-refractivity contribution in [2.45, 2.75) is 43.5 Å². The van der Waals surface area contributed by atoms with E-state index >= 15 is 4.39 Å². The van der Waals surface area contributed by atoms with Crippen LogP contribution in [0.2, 0.25) is 0 Å². The number of halogens is 6. The molecule has 0 aliphatic carbocycles. The molecule has 0 spiro atoms. The lowest BCUT2D eigenvalue weighted by atomic mass is 9.95. The van der Waals surface area contributed by atoms with Gasteiger partial charge < -0.3 is 9.80 Å². The smallest absolute Gasteiger partial charge is 0.352 e. The van der Waals surface area contributed by atoms with Crippen LogP contribution < -0.4 is 10.6 Å². The molecule has 1 amide bonds. The minimum Gasteiger partial charge on any atom is -0.352 e. The first kappa shape index (κ1) is 32.0. The molecule has 0 radical (unpaired) electrons. The molecule has 0 saturated carbocycles. The van der Waals surface area contributed by atoms with Crippen LogP contribution in [0.4, 0.5) is 27.8 Å². The van der Waals surface area contributed by atoms with Gasteiger partial charge in [0.1, 0.15) is 28.9 Å². The molecule has 1 unspecified atom stereocenters. The normalized spacial score (nSPS) is 22.2. The maximum Gasteiger partial charge on any atom is 0.417 e. The van der Waals surface area contributed by atoms with Crippen LogP contribution in [0.25, 0.3) is 22.0 Å². The SMILES string of the molecule is C=CC(=O)N1[C@H](C)CN(c2nc(=O)n3c4c(c(-c5cc(Br)c(F)cc5F)c(C(F)(F)F)cc24)SCC(/C=[N+]2\C=CN=N2)C3)C[C@@H]1C. The Morgan fingerprint density at radius 1 is 1.13 bits per heavy atom. The highest BCUT2D eigenvalue weighted by atomic mass is 79.9. The Hall–Kier alpha value is -3.92. The second kappa shape index (κ2) is 12.0. The fourth-order valence-corrected chi connectivity index (χ4v) is 7.90. The molecular formula is C30H26BrF5N7O2S+. The van der Waals surface area contributed by atoms with Crippen molar-refractivity contribution in [2.24, 2.45) is 16.3 Å². The summed E-state index contributed by atoms with van der Waals surface area (Å²) in [5, 5.41) is 7.76. The van der Waals surface area contributed by atoms with Gasteiger partial charge in [0.15, 0.2) is 6.20 Å². The van der Waals surface area contributed by atoms with Gasteiger partial charge in [-0.25, -0.2) is 13.6 Å². The van der Waals surface area contributed by atoms with E-state index in [1.807, 2.05) is 0 Å². The highest BCUT2D eigenvalue weighted by molar-refractivity contribution is 9.10. The van der Waals surface area contributed by atoms with Crippen LogP contribution in [-0.2, 0) is 17.5 Å². The van der Waals surface area contributed by atoms with Gasteiger partial charge in [0.2, 0.25) is 12.1 Å². The number of carbonyl (C=O) groups is 1. The van der Waals surface area contributed by atoms with E-state index < -0.39 is 46.1 Å². The average molecular weight is 724 g/mol. The summed E-state index contributed by atoms with van der Waals surface area (Å²) < 4.78 is 77.2. The zero-order valence-electron chi connectivity index (χ0n) is 24.4. The number of benzene rings is 2. The summed E-state index contributed by atoms with van der Waals surface area (Å²) in [6, 6.07) is 1.63. The first-order chi connectivity index (χ1) is 21.8. The molecule has 1 fully saturated rings. The Kier molecular flexibility index (Phi) is 8.38. The van der Waals surface area contributed by atoms with Gasteiger partial charge in [0.05, 0.1) is 20.7 Å². The molecule has 3 aliphatic rings. The molecule has 9 nitrogen and oxygen atoms in total. The quantitative estimate of drug-likeness (QED) is 0.135. The number of thioether (sulfide) groups is 1. The van der Waals surface area contributed by atoms with Crippen molar-refractivity contribution in [2.75, 3.05) is 23.7 Å². The lowest BCUT2D eigenvalue weighted by Gasteiger charge is -2.44. The highest BCUT2D eigenvalue weighted by Gasteiger charge is 2.40. The molecule has 0 N–H and O–H groups in total. The van der Waals surface area contributed by atoms with Crippen molar-refractivity contribution in [1.82, 2.24) is 14.5 Å². The number of carbonyl (C=O) groups excluding carboxylic acids is 1. The summed E-state index contributed by atoms with van der Waals surface area (Å²) in [6.45, 7) is 7.55. The van der Waals surface area contributed by atoms with Crippen molar-refractivity contribution in [3.8, 4) is 11.1 Å². The van der Waals surface area contributed by atoms with E-state index in [-0.39, 0.29) is 69.5 Å². The van der Waals surface area contributed by atoms with Crippen LogP contribution in [0, 0.1) is 17.6 Å². The summed E-state index contributed by atoms with van der Waals surface area (Å²) in [5.74, 6) is -2.65. The number of nitrogens with zero attached hydrogens (tertiary/aromatic N) is 7. The van der Waals surface area contributed by atoms with Gasteiger partial charge in [-0.3, -0.25) is 9.36 Å². The van der Waals surface area contributed by atoms with Crippen LogP contribution >= 0.6 is 27.7 Å². The molecule has 2 aromatic carbocycles. The molecule has 240 valence electrons. The number of hydrogen-bond acceptors (Lipinski definition) is 7. The fraction of sp³-hybridized carbons (Fsp3) is 0.333. The molecule has 3 aromatic rings. The molecule has 1 aromatic heterocycles. The Balaban J connectivity index is 1.65. The van der Waals surface area contributed by atoms with Gasteiger partial charge in [0.25, 0.3) is 0 Å². The van der Waals surface area contributed by atoms with Crippen molar-refractivity contribution in [3.63, 3.8) is 0 Å². The summed E-state index contributed by atoms with van der Waals surface area (Å²) in [4.78, 5) is 34.0. The molecule has 6 rings (SSSR count). The third kappa shape index (κ3) is 5.65. The Morgan fingerprint density at radius 2 is 1.85 bits per heavy atom. The lowest BCUT2D eigenvalue weighted by molar-refractivity contribution is -0.461. The molecule has 1 saturated heterocycles. The van der Waals surface area contributed by atoms with E-state index in [9.17, 15) is 27.2 Å². The van der Waals surface area contributed by atoms with E-state index in [4.69, 9.17) is 0 Å². The number of anilines is 1. The van der Waals surface area contributed by atoms with Crippen molar-refractivity contribution < 1.29 is 31.4 Å². The average Bonchev–Trinajstić information content (AvgIpc) is 3.42. The van der Waals surface area contributed by atoms with E-state index in [0.717, 1.165) is 23.9 Å². The van der Waals surface area contributed by atoms with E-state index in [0.29, 0.717) is 6.07 Å². The Bertz CT molecular complexity index is 1920. The van der Waals surface area contributed by atoms with E-state index in [1.165, 1.54) is 21.5 Å². The number of piperazine rings is 1. The molecule has 46 heavy (non-hydrogen) atoms. The van der Waals surface area contributed by atoms with Crippen molar-refractivity contribution in [3.05, 3.63) is 75.4 Å². The fourth-order valence-electron chi connectivity index (χ4n) is 6.27. The zero-order valence-corrected chi connectivity index (χ0v) is 26.8. The Morgan fingerprint density at radius 3 is 2.48 bits per heavy atom. The number of hydrogen-bond donors (Lipinski definition) is 0. The van der Waals surface area contributed by atoms with Gasteiger partial charge in [-0.05, 0) is 48.0 Å². The van der Waals surface area contributed by atoms with Crippen LogP contribution in [-0.4, -0.2) is 62.2 Å². The van der Waals surface area contributed by atoms with Gasteiger partial charge in [-0.1, -0.05) is 6.58 Å². The van der Waals surface area contributed by atoms with Gasteiger partial charge in [-0.15, -0.1) is 16.4 Å². The zero-order chi connectivity index (χ0) is 33.1. The first-order valence-corrected chi connectivity index (χ1v) is 15.9. The van der Waals surface area contributed by atoms with Crippen molar-refractivity contribution in [1.29, 1.82) is 0 Å². The molecular weight excluding hydrogens is 697 g/mol. The summed E-state index contributed by atoms with van der Waals surface area (Å²) in [5.41, 5.74) is -2.69. The second-order valence-corrected chi connectivity index (χ2v) is 13.1. The first-order valence-electron chi connectivity index (χ1n) is 14.1. The third-order valence-electron chi connectivity index (χ3n) is 8.09. The molecule has 0 bridgehead atoms.